The van der Waals surface area contributed by atoms with Gasteiger partial charge in [-0.3, -0.25) is 5.73 Å². The standard InChI is InChI=1S/C17H15F7IN9OS/c1-3-36(27,35)8-7-30-11(10-28-5-4-6-29-10)31-9(8)12-32-33-13(34(12)2)14(18,19)16(22,26)15(20,21)17(23,24)25/h4-7,27H,3,26H2,1-2H3. The minimum Gasteiger partial charge on any atom is -0.308 e. The molecule has 0 bridgehead atoms. The zero-order chi connectivity index (χ0) is 27.3. The number of hydrogen-bond donors (Lipinski definition) is 2. The van der Waals surface area contributed by atoms with Gasteiger partial charge in [-0.05, 0) is 6.07 Å². The van der Waals surface area contributed by atoms with E-state index in [1.807, 2.05) is 0 Å². The van der Waals surface area contributed by atoms with Crippen molar-refractivity contribution in [2.24, 2.45) is 12.8 Å². The van der Waals surface area contributed by atoms with E-state index in [2.05, 4.69) is 35.9 Å². The number of halogens is 8. The molecule has 196 valence electrons. The molecule has 2 unspecified atom stereocenters. The van der Waals surface area contributed by atoms with Crippen LogP contribution < -0.4 is 5.73 Å². The van der Waals surface area contributed by atoms with Crippen molar-refractivity contribution >= 4 is 32.3 Å². The predicted octanol–water partition coefficient (Wildman–Crippen LogP) is 3.53. The molecule has 2 atom stereocenters. The zero-order valence-corrected chi connectivity index (χ0v) is 21.0. The number of nitrogens with two attached hydrogens (primary N) is 1. The minimum absolute atomic E-state index is 0.0698. The molecule has 0 amide bonds. The normalized spacial score (nSPS) is 16.4. The Balaban J connectivity index is 2.25. The van der Waals surface area contributed by atoms with Gasteiger partial charge in [-0.25, -0.2) is 33.3 Å². The molecule has 3 rings (SSSR count). The molecule has 3 aromatic rings. The summed E-state index contributed by atoms with van der Waals surface area (Å²) in [6, 6.07) is 1.47. The van der Waals surface area contributed by atoms with Crippen LogP contribution in [0.15, 0.2) is 29.6 Å². The second-order valence-corrected chi connectivity index (χ2v) is 10.9. The number of hydrogen-bond acceptors (Lipinski definition) is 9. The molecule has 3 N–H and O–H groups in total. The van der Waals surface area contributed by atoms with Crippen molar-refractivity contribution in [2.45, 2.75) is 33.4 Å². The summed E-state index contributed by atoms with van der Waals surface area (Å²) in [5.41, 5.74) is 3.96. The summed E-state index contributed by atoms with van der Waals surface area (Å²) in [6.45, 7) is 1.38. The van der Waals surface area contributed by atoms with Crippen LogP contribution in [0.3, 0.4) is 0 Å². The Labute approximate surface area is 212 Å². The summed E-state index contributed by atoms with van der Waals surface area (Å²) in [5, 5.41) is 6.38. The average molecular weight is 653 g/mol. The fraction of sp³-hybridized carbons (Fsp3) is 0.412. The number of nitrogens with one attached hydrogen (secondary N) is 1. The number of alkyl halides is 8. The van der Waals surface area contributed by atoms with Crippen LogP contribution in [0.25, 0.3) is 23.2 Å². The molecule has 0 saturated carbocycles. The van der Waals surface area contributed by atoms with Gasteiger partial charge in [-0.15, -0.1) is 10.2 Å². The van der Waals surface area contributed by atoms with Crippen molar-refractivity contribution in [2.75, 3.05) is 5.75 Å². The summed E-state index contributed by atoms with van der Waals surface area (Å²) in [6.07, 6.45) is 3.59. The zero-order valence-electron chi connectivity index (χ0n) is 18.1. The highest BCUT2D eigenvalue weighted by molar-refractivity contribution is 14.1. The van der Waals surface area contributed by atoms with Crippen LogP contribution in [0.5, 0.6) is 0 Å². The van der Waals surface area contributed by atoms with Gasteiger partial charge >= 0.3 is 21.6 Å². The van der Waals surface area contributed by atoms with Crippen molar-refractivity contribution in [3.05, 3.63) is 30.5 Å². The third kappa shape index (κ3) is 4.40. The molecule has 0 aliphatic carbocycles. The van der Waals surface area contributed by atoms with Gasteiger partial charge in [-0.2, -0.15) is 26.3 Å². The van der Waals surface area contributed by atoms with Crippen LogP contribution in [0.4, 0.5) is 30.7 Å². The van der Waals surface area contributed by atoms with E-state index >= 15 is 0 Å². The van der Waals surface area contributed by atoms with E-state index in [1.165, 1.54) is 25.4 Å². The van der Waals surface area contributed by atoms with E-state index in [1.54, 1.807) is 0 Å². The molecule has 19 heteroatoms. The third-order valence-corrected chi connectivity index (χ3v) is 7.42. The molecule has 0 aliphatic rings. The van der Waals surface area contributed by atoms with Crippen molar-refractivity contribution in [1.29, 1.82) is 4.78 Å². The van der Waals surface area contributed by atoms with Crippen molar-refractivity contribution in [3.8, 4) is 23.2 Å². The largest absolute Gasteiger partial charge is 0.372 e. The maximum absolute atomic E-state index is 14.9. The smallest absolute Gasteiger partial charge is 0.308 e. The van der Waals surface area contributed by atoms with E-state index in [-0.39, 0.29) is 44.6 Å². The molecule has 3 heterocycles. The fourth-order valence-corrected chi connectivity index (χ4v) is 4.20. The van der Waals surface area contributed by atoms with Crippen LogP contribution in [0.1, 0.15) is 12.7 Å². The lowest BCUT2D eigenvalue weighted by Crippen LogP contribution is -2.67. The monoisotopic (exact) mass is 653 g/mol. The van der Waals surface area contributed by atoms with Crippen LogP contribution in [0, 0.1) is 4.78 Å². The van der Waals surface area contributed by atoms with Crippen LogP contribution >= 0.6 is 22.6 Å². The Hall–Kier alpha value is -2.55. The highest BCUT2D eigenvalue weighted by Gasteiger charge is 2.78. The first kappa shape index (κ1) is 28.0. The fourth-order valence-electron chi connectivity index (χ4n) is 2.83. The van der Waals surface area contributed by atoms with E-state index in [4.69, 9.17) is 4.78 Å². The van der Waals surface area contributed by atoms with E-state index < -0.39 is 53.5 Å². The van der Waals surface area contributed by atoms with Gasteiger partial charge in [0.2, 0.25) is 5.82 Å². The van der Waals surface area contributed by atoms with Crippen LogP contribution in [-0.4, -0.2) is 60.3 Å². The van der Waals surface area contributed by atoms with Gasteiger partial charge in [0.15, 0.2) is 17.5 Å². The van der Waals surface area contributed by atoms with E-state index in [0.717, 1.165) is 13.2 Å². The summed E-state index contributed by atoms with van der Waals surface area (Å²) in [4.78, 5) is 15.4. The molecule has 0 radical (unpaired) electrons. The summed E-state index contributed by atoms with van der Waals surface area (Å²) in [7, 11) is -2.88. The Morgan fingerprint density at radius 1 is 1.06 bits per heavy atom. The molecule has 0 aliphatic heterocycles. The van der Waals surface area contributed by atoms with E-state index in [0.29, 0.717) is 0 Å². The molecule has 3 aromatic heterocycles. The van der Waals surface area contributed by atoms with Crippen LogP contribution in [-0.2, 0) is 22.7 Å². The lowest BCUT2D eigenvalue weighted by molar-refractivity contribution is -0.296. The first-order valence-corrected chi connectivity index (χ1v) is 12.3. The third-order valence-electron chi connectivity index (χ3n) is 4.92. The second kappa shape index (κ2) is 9.08. The molecule has 0 aromatic carbocycles. The van der Waals surface area contributed by atoms with Crippen molar-refractivity contribution < 1.29 is 34.9 Å². The highest BCUT2D eigenvalue weighted by atomic mass is 127. The molecule has 0 fully saturated rings. The van der Waals surface area contributed by atoms with Gasteiger partial charge in [-0.1, -0.05) is 6.92 Å². The lowest BCUT2D eigenvalue weighted by Gasteiger charge is -2.36. The lowest BCUT2D eigenvalue weighted by atomic mass is 10.00. The first-order chi connectivity index (χ1) is 16.4. The average Bonchev–Trinajstić information content (AvgIpc) is 3.20. The molecule has 0 saturated heterocycles. The van der Waals surface area contributed by atoms with Crippen molar-refractivity contribution in [1.82, 2.24) is 34.7 Å². The SMILES string of the molecule is CCS(=N)(=O)c1cnc(-c2ncccn2)nc1-c1nnc(C(F)(F)C(N)(F)C(F)(F)C(F)(F)I)n1C. The van der Waals surface area contributed by atoms with Gasteiger partial charge in [0, 0.05) is 54.0 Å². The first-order valence-electron chi connectivity index (χ1n) is 9.51. The number of aromatic nitrogens is 7. The second-order valence-electron chi connectivity index (χ2n) is 7.21. The Morgan fingerprint density at radius 2 is 1.64 bits per heavy atom. The van der Waals surface area contributed by atoms with Gasteiger partial charge in [0.1, 0.15) is 5.69 Å². The maximum atomic E-state index is 14.9. The number of nitrogens with zero attached hydrogens (tertiary/aromatic N) is 7. The molecular formula is C17H15F7IN9OS. The molecule has 0 spiro atoms. The quantitative estimate of drug-likeness (QED) is 0.162. The number of rotatable bonds is 8. The maximum Gasteiger partial charge on any atom is 0.372 e. The summed E-state index contributed by atoms with van der Waals surface area (Å²) >= 11 is -0.208. The predicted molar refractivity (Wildman–Crippen MR) is 119 cm³/mol. The minimum atomic E-state index is -6.05. The topological polar surface area (TPSA) is 149 Å². The Bertz CT molecular complexity index is 1380. The van der Waals surface area contributed by atoms with Crippen molar-refractivity contribution in [3.63, 3.8) is 0 Å². The van der Waals surface area contributed by atoms with Gasteiger partial charge in [0.25, 0.3) is 0 Å². The molecule has 36 heavy (non-hydrogen) atoms. The van der Waals surface area contributed by atoms with Gasteiger partial charge in [0.05, 0.1) is 14.6 Å². The Morgan fingerprint density at radius 3 is 2.17 bits per heavy atom. The summed E-state index contributed by atoms with van der Waals surface area (Å²) < 4.78 is 115. The highest BCUT2D eigenvalue weighted by Crippen LogP contribution is 2.54. The summed E-state index contributed by atoms with van der Waals surface area (Å²) in [5.74, 6) is -20.3. The van der Waals surface area contributed by atoms with Gasteiger partial charge < -0.3 is 4.57 Å². The molecular weight excluding hydrogens is 638 g/mol. The van der Waals surface area contributed by atoms with Crippen LogP contribution in [0.2, 0.25) is 0 Å². The van der Waals surface area contributed by atoms with E-state index in [9.17, 15) is 34.9 Å². The molecule has 10 nitrogen and oxygen atoms in total. The Kier molecular flexibility index (Phi) is 7.07.